The minimum absolute atomic E-state index is 0.194. The summed E-state index contributed by atoms with van der Waals surface area (Å²) in [5.74, 6) is -2.77. The average Bonchev–Trinajstić information content (AvgIpc) is 3.00. The van der Waals surface area contributed by atoms with Gasteiger partial charge in [-0.2, -0.15) is 13.2 Å². The van der Waals surface area contributed by atoms with Crippen LogP contribution in [0, 0.1) is 18.6 Å². The maximum Gasteiger partial charge on any atom is 0.416 e. The molecule has 0 saturated carbocycles. The van der Waals surface area contributed by atoms with Gasteiger partial charge in [-0.1, -0.05) is 48.5 Å². The van der Waals surface area contributed by atoms with Crippen molar-refractivity contribution in [3.05, 3.63) is 122 Å². The molecule has 252 valence electrons. The van der Waals surface area contributed by atoms with Crippen LogP contribution in [-0.4, -0.2) is 45.2 Å². The Balaban J connectivity index is 1.70. The van der Waals surface area contributed by atoms with Gasteiger partial charge in [0.2, 0.25) is 5.91 Å². The van der Waals surface area contributed by atoms with E-state index in [4.69, 9.17) is 15.2 Å². The molecule has 5 rings (SSSR count). The van der Waals surface area contributed by atoms with E-state index in [0.717, 1.165) is 16.7 Å². The Labute approximate surface area is 269 Å². The van der Waals surface area contributed by atoms with Crippen molar-refractivity contribution in [3.8, 4) is 16.9 Å². The molecule has 10 nitrogen and oxygen atoms in total. The van der Waals surface area contributed by atoms with Crippen LogP contribution in [0.2, 0.25) is 0 Å². The average molecular weight is 673 g/mol. The van der Waals surface area contributed by atoms with Crippen LogP contribution in [0.5, 0.6) is 5.75 Å². The van der Waals surface area contributed by atoms with Gasteiger partial charge < -0.3 is 20.1 Å². The van der Waals surface area contributed by atoms with Crippen LogP contribution in [0.4, 0.5) is 26.7 Å². The highest BCUT2D eigenvalue weighted by atomic mass is 19.4. The van der Waals surface area contributed by atoms with Crippen LogP contribution in [-0.2, 0) is 28.8 Å². The second-order valence-corrected chi connectivity index (χ2v) is 11.1. The van der Waals surface area contributed by atoms with Crippen molar-refractivity contribution >= 4 is 12.0 Å². The fourth-order valence-electron chi connectivity index (χ4n) is 5.53. The number of halogens is 5. The first-order valence-electron chi connectivity index (χ1n) is 14.6. The SMILES string of the molecule is CC(=O)N1CC(Oc2cccc(-c3c(C)n(Cc4c(F)cccc4C(F)(F)F)c(=O)n(CC(OC(N)=O)c4ccccc4)c3=O)c2F)C1. The van der Waals surface area contributed by atoms with Gasteiger partial charge in [0.25, 0.3) is 5.56 Å². The minimum atomic E-state index is -5.00. The van der Waals surface area contributed by atoms with Crippen LogP contribution >= 0.6 is 0 Å². The number of likely N-dealkylation sites (tertiary alicyclic amines) is 1. The van der Waals surface area contributed by atoms with E-state index in [9.17, 15) is 32.3 Å². The number of hydrogen-bond donors (Lipinski definition) is 1. The molecule has 2 amide bonds. The van der Waals surface area contributed by atoms with E-state index < -0.39 is 77.1 Å². The zero-order valence-corrected chi connectivity index (χ0v) is 25.6. The van der Waals surface area contributed by atoms with Crippen LogP contribution in [0.3, 0.4) is 0 Å². The van der Waals surface area contributed by atoms with Gasteiger partial charge in [-0.05, 0) is 30.7 Å². The number of benzene rings is 3. The molecule has 1 saturated heterocycles. The smallest absolute Gasteiger partial charge is 0.416 e. The second kappa shape index (κ2) is 13.3. The Hall–Kier alpha value is -5.47. The molecule has 48 heavy (non-hydrogen) atoms. The molecule has 1 unspecified atom stereocenters. The molecular weight excluding hydrogens is 643 g/mol. The second-order valence-electron chi connectivity index (χ2n) is 11.1. The highest BCUT2D eigenvalue weighted by molar-refractivity contribution is 5.74. The van der Waals surface area contributed by atoms with Gasteiger partial charge in [-0.25, -0.2) is 18.4 Å². The predicted octanol–water partition coefficient (Wildman–Crippen LogP) is 4.78. The summed E-state index contributed by atoms with van der Waals surface area (Å²) in [6, 6.07) is 14.1. The molecule has 0 aliphatic carbocycles. The maximum atomic E-state index is 16.1. The molecular formula is C33H29F5N4O6. The summed E-state index contributed by atoms with van der Waals surface area (Å²) in [7, 11) is 0. The largest absolute Gasteiger partial charge is 0.484 e. The lowest BCUT2D eigenvalue weighted by molar-refractivity contribution is -0.138. The number of aromatic nitrogens is 2. The summed E-state index contributed by atoms with van der Waals surface area (Å²) in [4.78, 5) is 52.9. The quantitative estimate of drug-likeness (QED) is 0.255. The fourth-order valence-corrected chi connectivity index (χ4v) is 5.53. The fraction of sp³-hybridized carbons (Fsp3) is 0.273. The zero-order valence-electron chi connectivity index (χ0n) is 25.6. The standard InChI is InChI=1S/C33H29F5N4O6/c1-18-28(22-10-6-13-26(29(22)35)47-21-14-40(15-21)19(2)43)30(44)42(17-27(48-31(39)45)20-8-4-3-5-9-20)32(46)41(18)16-23-24(33(36,37)38)11-7-12-25(23)34/h3-13,21,27H,14-17H2,1-2H3,(H2,39,45). The first-order valence-corrected chi connectivity index (χ1v) is 14.6. The number of primary amides is 1. The Morgan fingerprint density at radius 2 is 1.62 bits per heavy atom. The predicted molar refractivity (Wildman–Crippen MR) is 162 cm³/mol. The summed E-state index contributed by atoms with van der Waals surface area (Å²) in [6.07, 6.45) is -8.14. The number of nitrogens with two attached hydrogens (primary N) is 1. The topological polar surface area (TPSA) is 126 Å². The normalized spacial score (nSPS) is 13.9. The highest BCUT2D eigenvalue weighted by Crippen LogP contribution is 2.35. The molecule has 1 aliphatic heterocycles. The van der Waals surface area contributed by atoms with E-state index in [1.54, 1.807) is 18.2 Å². The van der Waals surface area contributed by atoms with Crippen molar-refractivity contribution in [1.82, 2.24) is 14.0 Å². The molecule has 1 aromatic heterocycles. The summed E-state index contributed by atoms with van der Waals surface area (Å²) in [6.45, 7) is 1.31. The van der Waals surface area contributed by atoms with E-state index in [0.29, 0.717) is 16.2 Å². The monoisotopic (exact) mass is 672 g/mol. The van der Waals surface area contributed by atoms with Crippen LogP contribution < -0.4 is 21.7 Å². The van der Waals surface area contributed by atoms with Gasteiger partial charge in [-0.15, -0.1) is 0 Å². The van der Waals surface area contributed by atoms with E-state index >= 15 is 8.78 Å². The number of rotatable bonds is 9. The Morgan fingerprint density at radius 1 is 0.958 bits per heavy atom. The Morgan fingerprint density at radius 3 is 2.25 bits per heavy atom. The molecule has 4 aromatic rings. The molecule has 2 heterocycles. The van der Waals surface area contributed by atoms with Crippen molar-refractivity contribution in [1.29, 1.82) is 0 Å². The third-order valence-electron chi connectivity index (χ3n) is 8.03. The van der Waals surface area contributed by atoms with Gasteiger partial charge in [0.15, 0.2) is 11.6 Å². The van der Waals surface area contributed by atoms with Crippen LogP contribution in [0.15, 0.2) is 76.3 Å². The van der Waals surface area contributed by atoms with Crippen LogP contribution in [0.1, 0.15) is 35.4 Å². The third-order valence-corrected chi connectivity index (χ3v) is 8.03. The minimum Gasteiger partial charge on any atom is -0.484 e. The van der Waals surface area contributed by atoms with Crippen molar-refractivity contribution in [2.24, 2.45) is 5.73 Å². The lowest BCUT2D eigenvalue weighted by Gasteiger charge is -2.38. The van der Waals surface area contributed by atoms with Gasteiger partial charge in [0.05, 0.1) is 37.3 Å². The van der Waals surface area contributed by atoms with E-state index in [-0.39, 0.29) is 36.0 Å². The number of alkyl halides is 3. The lowest BCUT2D eigenvalue weighted by atomic mass is 10.0. The number of nitrogens with zero attached hydrogens (tertiary/aromatic N) is 3. The molecule has 0 radical (unpaired) electrons. The zero-order chi connectivity index (χ0) is 34.9. The lowest BCUT2D eigenvalue weighted by Crippen LogP contribution is -2.55. The summed E-state index contributed by atoms with van der Waals surface area (Å²) >= 11 is 0. The van der Waals surface area contributed by atoms with Crippen molar-refractivity contribution in [3.63, 3.8) is 0 Å². The molecule has 1 fully saturated rings. The third kappa shape index (κ3) is 6.80. The Kier molecular flexibility index (Phi) is 9.41. The first-order chi connectivity index (χ1) is 22.7. The first kappa shape index (κ1) is 33.9. The molecule has 3 aromatic carbocycles. The Bertz CT molecular complexity index is 1990. The van der Waals surface area contributed by atoms with E-state index in [2.05, 4.69) is 0 Å². The van der Waals surface area contributed by atoms with Crippen molar-refractivity contribution in [2.75, 3.05) is 13.1 Å². The van der Waals surface area contributed by atoms with Crippen molar-refractivity contribution < 1.29 is 41.0 Å². The van der Waals surface area contributed by atoms with Crippen LogP contribution in [0.25, 0.3) is 11.1 Å². The van der Waals surface area contributed by atoms with Gasteiger partial charge in [0, 0.05) is 23.7 Å². The molecule has 0 spiro atoms. The van der Waals surface area contributed by atoms with Crippen molar-refractivity contribution in [2.45, 2.75) is 45.3 Å². The summed E-state index contributed by atoms with van der Waals surface area (Å²) < 4.78 is 85.2. The van der Waals surface area contributed by atoms with Gasteiger partial charge >= 0.3 is 18.0 Å². The summed E-state index contributed by atoms with van der Waals surface area (Å²) in [5.41, 5.74) is 0.00159. The number of ether oxygens (including phenoxy) is 2. The molecule has 0 bridgehead atoms. The number of hydrogen-bond acceptors (Lipinski definition) is 6. The highest BCUT2D eigenvalue weighted by Gasteiger charge is 2.36. The molecule has 1 aliphatic rings. The van der Waals surface area contributed by atoms with Gasteiger partial charge in [-0.3, -0.25) is 18.7 Å². The van der Waals surface area contributed by atoms with E-state index in [1.807, 2.05) is 0 Å². The molecule has 2 N–H and O–H groups in total. The molecule has 1 atom stereocenters. The van der Waals surface area contributed by atoms with Gasteiger partial charge in [0.1, 0.15) is 18.0 Å². The number of carbonyl (C=O) groups excluding carboxylic acids is 2. The summed E-state index contributed by atoms with van der Waals surface area (Å²) in [5, 5.41) is 0. The number of carbonyl (C=O) groups is 2. The maximum absolute atomic E-state index is 16.1. The van der Waals surface area contributed by atoms with E-state index in [1.165, 1.54) is 49.1 Å². The number of amides is 2. The molecule has 15 heteroatoms.